The molecule has 7 nitrogen and oxygen atoms in total. The summed E-state index contributed by atoms with van der Waals surface area (Å²) in [5, 5.41) is 14.7. The molecule has 7 heteroatoms. The third kappa shape index (κ3) is 8.05. The number of benzene rings is 7. The summed E-state index contributed by atoms with van der Waals surface area (Å²) < 4.78 is 11.0. The fourth-order valence-corrected chi connectivity index (χ4v) is 10.2. The molecule has 0 amide bonds. The van der Waals surface area contributed by atoms with Crippen molar-refractivity contribution >= 4 is 44.1 Å². The van der Waals surface area contributed by atoms with E-state index in [4.69, 9.17) is 19.4 Å². The topological polar surface area (TPSA) is 81.9 Å². The largest absolute Gasteiger partial charge is 0.507 e. The SMILES string of the molecule is CC(C)(C)c1cc(-c2cccc3c2nc(-c2cc(C(C)(C)C)cc(C(C)(C)C)c2O)n3-c2ccc(C(C)(C)C)cc2-c2ccccc2)cc(-n2c3cc4nc(-c5ccccc5)oc4cc3c3cccnc32)c1. The number of rotatable bonds is 6. The first-order valence-electron chi connectivity index (χ1n) is 25.1. The first kappa shape index (κ1) is 46.6. The molecule has 11 rings (SSSR count). The zero-order chi connectivity index (χ0) is 50.6. The molecule has 0 fully saturated rings. The maximum absolute atomic E-state index is 12.7. The second-order valence-electron chi connectivity index (χ2n) is 23.7. The van der Waals surface area contributed by atoms with Crippen LogP contribution in [0.2, 0.25) is 0 Å². The van der Waals surface area contributed by atoms with Crippen LogP contribution in [-0.4, -0.2) is 29.2 Å². The number of fused-ring (bicyclic) bond motifs is 5. The highest BCUT2D eigenvalue weighted by Crippen LogP contribution is 2.47. The number of imidazole rings is 1. The van der Waals surface area contributed by atoms with Crippen LogP contribution in [0.4, 0.5) is 0 Å². The van der Waals surface area contributed by atoms with Gasteiger partial charge in [0.15, 0.2) is 5.58 Å². The lowest BCUT2D eigenvalue weighted by molar-refractivity contribution is 0.446. The Bertz CT molecular complexity index is 3900. The predicted molar refractivity (Wildman–Crippen MR) is 299 cm³/mol. The third-order valence-electron chi connectivity index (χ3n) is 14.3. The summed E-state index contributed by atoms with van der Waals surface area (Å²) in [6.45, 7) is 26.8. The lowest BCUT2D eigenvalue weighted by Crippen LogP contribution is -2.17. The van der Waals surface area contributed by atoms with E-state index in [1.54, 1.807) is 0 Å². The number of aromatic nitrogens is 5. The van der Waals surface area contributed by atoms with Crippen LogP contribution in [0.15, 0.2) is 162 Å². The molecule has 72 heavy (non-hydrogen) atoms. The van der Waals surface area contributed by atoms with Crippen molar-refractivity contribution in [1.29, 1.82) is 0 Å². The number of pyridine rings is 1. The van der Waals surface area contributed by atoms with Gasteiger partial charge >= 0.3 is 0 Å². The molecule has 0 aliphatic rings. The average molecular weight is 946 g/mol. The van der Waals surface area contributed by atoms with Crippen molar-refractivity contribution in [3.05, 3.63) is 180 Å². The fraction of sp³-hybridized carbons (Fsp3) is 0.246. The number of oxazole rings is 1. The Hall–Kier alpha value is -7.77. The predicted octanol–water partition coefficient (Wildman–Crippen LogP) is 17.2. The number of hydrogen-bond acceptors (Lipinski definition) is 5. The van der Waals surface area contributed by atoms with Gasteiger partial charge in [-0.15, -0.1) is 0 Å². The molecule has 7 aromatic carbocycles. The highest BCUT2D eigenvalue weighted by atomic mass is 16.3. The van der Waals surface area contributed by atoms with Gasteiger partial charge in [-0.05, 0) is 122 Å². The number of aromatic hydroxyl groups is 1. The summed E-state index contributed by atoms with van der Waals surface area (Å²) in [6.07, 6.45) is 1.86. The van der Waals surface area contributed by atoms with Gasteiger partial charge in [0.05, 0.1) is 27.8 Å². The molecule has 0 spiro atoms. The van der Waals surface area contributed by atoms with E-state index in [2.05, 4.69) is 207 Å². The van der Waals surface area contributed by atoms with Gasteiger partial charge < -0.3 is 9.52 Å². The van der Waals surface area contributed by atoms with E-state index < -0.39 is 0 Å². The van der Waals surface area contributed by atoms with Crippen LogP contribution in [-0.2, 0) is 21.7 Å². The van der Waals surface area contributed by atoms with Gasteiger partial charge in [-0.25, -0.2) is 15.0 Å². The van der Waals surface area contributed by atoms with Crippen molar-refractivity contribution in [2.24, 2.45) is 0 Å². The molecule has 0 radical (unpaired) electrons. The second-order valence-corrected chi connectivity index (χ2v) is 23.7. The molecule has 0 saturated carbocycles. The number of hydrogen-bond donors (Lipinski definition) is 1. The minimum absolute atomic E-state index is 0.0935. The first-order valence-corrected chi connectivity index (χ1v) is 25.1. The molecule has 0 aliphatic carbocycles. The van der Waals surface area contributed by atoms with Crippen LogP contribution in [0.3, 0.4) is 0 Å². The molecule has 11 aromatic rings. The van der Waals surface area contributed by atoms with Gasteiger partial charge in [0.1, 0.15) is 22.7 Å². The summed E-state index contributed by atoms with van der Waals surface area (Å²) in [4.78, 5) is 15.8. The summed E-state index contributed by atoms with van der Waals surface area (Å²) in [5.41, 5.74) is 16.4. The quantitative estimate of drug-likeness (QED) is 0.180. The van der Waals surface area contributed by atoms with Crippen LogP contribution in [0.25, 0.3) is 101 Å². The summed E-state index contributed by atoms with van der Waals surface area (Å²) in [6, 6.07) is 53.7. The van der Waals surface area contributed by atoms with Crippen molar-refractivity contribution in [3.8, 4) is 62.2 Å². The number of phenols is 1. The Morgan fingerprint density at radius 1 is 0.472 bits per heavy atom. The molecule has 1 N–H and O–H groups in total. The van der Waals surface area contributed by atoms with E-state index in [1.807, 2.05) is 42.6 Å². The molecule has 0 bridgehead atoms. The van der Waals surface area contributed by atoms with Crippen LogP contribution < -0.4 is 0 Å². The van der Waals surface area contributed by atoms with Gasteiger partial charge in [-0.1, -0.05) is 162 Å². The lowest BCUT2D eigenvalue weighted by atomic mass is 9.79. The smallest absolute Gasteiger partial charge is 0.227 e. The van der Waals surface area contributed by atoms with Crippen LogP contribution >= 0.6 is 0 Å². The summed E-state index contributed by atoms with van der Waals surface area (Å²) in [7, 11) is 0. The van der Waals surface area contributed by atoms with Crippen LogP contribution in [0.1, 0.15) is 105 Å². The molecule has 0 unspecified atom stereocenters. The van der Waals surface area contributed by atoms with Gasteiger partial charge in [-0.3, -0.25) is 9.13 Å². The lowest BCUT2D eigenvalue weighted by Gasteiger charge is -2.28. The molecule has 0 saturated heterocycles. The van der Waals surface area contributed by atoms with E-state index >= 15 is 0 Å². The minimum atomic E-state index is -0.346. The summed E-state index contributed by atoms with van der Waals surface area (Å²) in [5.74, 6) is 1.51. The van der Waals surface area contributed by atoms with Gasteiger partial charge in [0.25, 0.3) is 0 Å². The van der Waals surface area contributed by atoms with E-state index in [1.165, 1.54) is 11.1 Å². The molecule has 360 valence electrons. The molecule has 0 atom stereocenters. The van der Waals surface area contributed by atoms with Gasteiger partial charge in [0.2, 0.25) is 5.89 Å². The third-order valence-corrected chi connectivity index (χ3v) is 14.3. The Morgan fingerprint density at radius 2 is 1.14 bits per heavy atom. The van der Waals surface area contributed by atoms with E-state index in [9.17, 15) is 5.11 Å². The second kappa shape index (κ2) is 16.7. The van der Waals surface area contributed by atoms with E-state index in [0.717, 1.165) is 94.4 Å². The summed E-state index contributed by atoms with van der Waals surface area (Å²) >= 11 is 0. The molecule has 4 aromatic heterocycles. The monoisotopic (exact) mass is 945 g/mol. The van der Waals surface area contributed by atoms with Crippen LogP contribution in [0, 0.1) is 0 Å². The Labute approximate surface area is 422 Å². The minimum Gasteiger partial charge on any atom is -0.507 e. The molecular formula is C65H63N5O2. The Balaban J connectivity index is 1.21. The van der Waals surface area contributed by atoms with Crippen molar-refractivity contribution in [2.45, 2.75) is 105 Å². The van der Waals surface area contributed by atoms with E-state index in [-0.39, 0.29) is 27.4 Å². The fourth-order valence-electron chi connectivity index (χ4n) is 10.2. The normalized spacial score (nSPS) is 12.8. The average Bonchev–Trinajstić information content (AvgIpc) is 4.04. The molecular weight excluding hydrogens is 883 g/mol. The number of nitrogens with zero attached hydrogens (tertiary/aromatic N) is 5. The molecule has 4 heterocycles. The van der Waals surface area contributed by atoms with Gasteiger partial charge in [0, 0.05) is 44.9 Å². The molecule has 0 aliphatic heterocycles. The van der Waals surface area contributed by atoms with Crippen molar-refractivity contribution in [2.75, 3.05) is 0 Å². The first-order chi connectivity index (χ1) is 34.1. The zero-order valence-corrected chi connectivity index (χ0v) is 43.6. The number of para-hydroxylation sites is 1. The highest BCUT2D eigenvalue weighted by Gasteiger charge is 2.30. The maximum atomic E-state index is 12.7. The highest BCUT2D eigenvalue weighted by molar-refractivity contribution is 6.11. The standard InChI is InChI=1S/C65H63N5O2/c1-62(2,3)42-28-29-53(48(34-42)39-21-15-13-16-22-39)70-54-27-19-25-46(57(54)68-60(70)50-35-44(64(7,8)9)36-51(58(50)71)65(10,11)12)41-31-43(63(4,5)6)33-45(32-41)69-55-38-52-56(37-49(55)47-26-20-30-66-59(47)69)72-61(67-52)40-23-17-14-18-24-40/h13-38,71H,1-12H3. The van der Waals surface area contributed by atoms with Crippen LogP contribution in [0.5, 0.6) is 5.75 Å². The number of phenolic OH excluding ortho intramolecular Hbond substituents is 1. The van der Waals surface area contributed by atoms with Crippen molar-refractivity contribution < 1.29 is 9.52 Å². The Morgan fingerprint density at radius 3 is 1.82 bits per heavy atom. The maximum Gasteiger partial charge on any atom is 0.227 e. The van der Waals surface area contributed by atoms with Crippen molar-refractivity contribution in [3.63, 3.8) is 0 Å². The van der Waals surface area contributed by atoms with E-state index in [0.29, 0.717) is 17.3 Å². The zero-order valence-electron chi connectivity index (χ0n) is 43.6. The van der Waals surface area contributed by atoms with Crippen molar-refractivity contribution in [1.82, 2.24) is 24.1 Å². The Kier molecular flexibility index (Phi) is 10.8. The van der Waals surface area contributed by atoms with Gasteiger partial charge in [-0.2, -0.15) is 0 Å².